The van der Waals surface area contributed by atoms with Crippen molar-refractivity contribution in [3.63, 3.8) is 0 Å². The number of nitrogens with zero attached hydrogens (tertiary/aromatic N) is 2. The van der Waals surface area contributed by atoms with Crippen LogP contribution < -0.4 is 0 Å². The molecule has 16 heavy (non-hydrogen) atoms. The van der Waals surface area contributed by atoms with Crippen molar-refractivity contribution in [1.29, 1.82) is 0 Å². The maximum atomic E-state index is 12.4. The fourth-order valence-electron chi connectivity index (χ4n) is 1.14. The first-order valence-corrected chi connectivity index (χ1v) is 4.02. The summed E-state index contributed by atoms with van der Waals surface area (Å²) in [7, 11) is 0. The predicted octanol–water partition coefficient (Wildman–Crippen LogP) is 1.93. The number of carboxylic acid groups (broad SMARTS) is 1. The third-order valence-electron chi connectivity index (χ3n) is 1.85. The van der Waals surface area contributed by atoms with Crippen molar-refractivity contribution in [1.82, 2.24) is 4.98 Å². The zero-order valence-electron chi connectivity index (χ0n) is 7.98. The van der Waals surface area contributed by atoms with Crippen molar-refractivity contribution in [2.75, 3.05) is 0 Å². The van der Waals surface area contributed by atoms with E-state index in [1.54, 1.807) is 0 Å². The van der Waals surface area contributed by atoms with Crippen LogP contribution in [0.5, 0.6) is 0 Å². The number of aromatic nitrogens is 1. The molecule has 0 aromatic carbocycles. The van der Waals surface area contributed by atoms with Crippen LogP contribution in [0.2, 0.25) is 0 Å². The molecular weight excluding hydrogens is 226 g/mol. The Hall–Kier alpha value is -2.12. The Labute approximate surface area is 87.7 Å². The van der Waals surface area contributed by atoms with Crippen LogP contribution in [0.25, 0.3) is 0 Å². The van der Waals surface area contributed by atoms with E-state index in [-0.39, 0.29) is 5.69 Å². The Morgan fingerprint density at radius 3 is 2.56 bits per heavy atom. The first-order valence-electron chi connectivity index (χ1n) is 4.02. The topological polar surface area (TPSA) is 93.3 Å². The number of hydrogen-bond donors (Lipinski definition) is 1. The third kappa shape index (κ3) is 2.10. The van der Waals surface area contributed by atoms with Gasteiger partial charge in [0.1, 0.15) is 11.4 Å². The van der Waals surface area contributed by atoms with Gasteiger partial charge in [-0.05, 0) is 6.92 Å². The van der Waals surface area contributed by atoms with Crippen molar-refractivity contribution in [3.05, 3.63) is 33.1 Å². The van der Waals surface area contributed by atoms with E-state index in [4.69, 9.17) is 5.11 Å². The zero-order valence-corrected chi connectivity index (χ0v) is 7.98. The highest BCUT2D eigenvalue weighted by atomic mass is 19.3. The number of nitro groups is 1. The molecule has 1 rings (SSSR count). The van der Waals surface area contributed by atoms with Crippen molar-refractivity contribution >= 4 is 11.7 Å². The summed E-state index contributed by atoms with van der Waals surface area (Å²) in [6.07, 6.45) is -3.09. The lowest BCUT2D eigenvalue weighted by Gasteiger charge is -2.05. The molecule has 0 unspecified atom stereocenters. The molecule has 0 radical (unpaired) electrons. The summed E-state index contributed by atoms with van der Waals surface area (Å²) in [5.74, 6) is -1.68. The minimum Gasteiger partial charge on any atom is -0.478 e. The van der Waals surface area contributed by atoms with Crippen LogP contribution in [0.4, 0.5) is 14.5 Å². The highest BCUT2D eigenvalue weighted by Gasteiger charge is 2.25. The van der Waals surface area contributed by atoms with E-state index in [1.807, 2.05) is 0 Å². The summed E-state index contributed by atoms with van der Waals surface area (Å²) in [6, 6.07) is 0.589. The van der Waals surface area contributed by atoms with Gasteiger partial charge < -0.3 is 5.11 Å². The monoisotopic (exact) mass is 232 g/mol. The number of rotatable bonds is 3. The summed E-state index contributed by atoms with van der Waals surface area (Å²) in [5, 5.41) is 19.1. The normalized spacial score (nSPS) is 10.5. The van der Waals surface area contributed by atoms with Crippen molar-refractivity contribution in [2.24, 2.45) is 0 Å². The number of halogens is 2. The molecule has 0 aliphatic rings. The van der Waals surface area contributed by atoms with Crippen LogP contribution in [-0.4, -0.2) is 21.0 Å². The lowest BCUT2D eigenvalue weighted by atomic mass is 10.1. The van der Waals surface area contributed by atoms with E-state index in [0.29, 0.717) is 6.07 Å². The predicted molar refractivity (Wildman–Crippen MR) is 47.5 cm³/mol. The van der Waals surface area contributed by atoms with Crippen LogP contribution >= 0.6 is 0 Å². The fraction of sp³-hybridized carbons (Fsp3) is 0.250. The molecule has 1 N–H and O–H groups in total. The summed E-state index contributed by atoms with van der Waals surface area (Å²) in [4.78, 5) is 23.5. The SMILES string of the molecule is Cc1nc(C(F)F)c(C(=O)O)cc1[N+](=O)[O-]. The van der Waals surface area contributed by atoms with Crippen LogP contribution in [0.15, 0.2) is 6.07 Å². The molecule has 0 saturated heterocycles. The van der Waals surface area contributed by atoms with Gasteiger partial charge in [-0.25, -0.2) is 18.6 Å². The molecule has 0 saturated carbocycles. The second-order valence-corrected chi connectivity index (χ2v) is 2.89. The number of aromatic carboxylic acids is 1. The lowest BCUT2D eigenvalue weighted by molar-refractivity contribution is -0.385. The summed E-state index contributed by atoms with van der Waals surface area (Å²) < 4.78 is 24.8. The Balaban J connectivity index is 3.49. The molecule has 0 bridgehead atoms. The van der Waals surface area contributed by atoms with Crippen LogP contribution in [0.3, 0.4) is 0 Å². The molecule has 0 spiro atoms. The van der Waals surface area contributed by atoms with Gasteiger partial charge in [-0.3, -0.25) is 10.1 Å². The number of hydrogen-bond acceptors (Lipinski definition) is 4. The van der Waals surface area contributed by atoms with E-state index in [2.05, 4.69) is 4.98 Å². The van der Waals surface area contributed by atoms with Crippen molar-refractivity contribution in [2.45, 2.75) is 13.3 Å². The summed E-state index contributed by atoms with van der Waals surface area (Å²) >= 11 is 0. The fourth-order valence-corrected chi connectivity index (χ4v) is 1.14. The Kier molecular flexibility index (Phi) is 3.11. The van der Waals surface area contributed by atoms with E-state index in [9.17, 15) is 23.7 Å². The highest BCUT2D eigenvalue weighted by molar-refractivity contribution is 5.89. The molecule has 0 fully saturated rings. The molecular formula is C8H6F2N2O4. The van der Waals surface area contributed by atoms with Gasteiger partial charge in [0.2, 0.25) is 0 Å². The second-order valence-electron chi connectivity index (χ2n) is 2.89. The maximum Gasteiger partial charge on any atom is 0.338 e. The van der Waals surface area contributed by atoms with E-state index in [0.717, 1.165) is 6.92 Å². The Morgan fingerprint density at radius 1 is 1.62 bits per heavy atom. The minimum absolute atomic E-state index is 0.245. The van der Waals surface area contributed by atoms with Gasteiger partial charge in [0.05, 0.1) is 10.5 Å². The number of aryl methyl sites for hydroxylation is 1. The highest BCUT2D eigenvalue weighted by Crippen LogP contribution is 2.26. The van der Waals surface area contributed by atoms with Gasteiger partial charge in [0.15, 0.2) is 0 Å². The van der Waals surface area contributed by atoms with E-state index < -0.39 is 34.3 Å². The van der Waals surface area contributed by atoms with Crippen LogP contribution in [-0.2, 0) is 0 Å². The van der Waals surface area contributed by atoms with Crippen LogP contribution in [0, 0.1) is 17.0 Å². The average Bonchev–Trinajstić information content (AvgIpc) is 2.15. The maximum absolute atomic E-state index is 12.4. The first kappa shape index (κ1) is 12.0. The zero-order chi connectivity index (χ0) is 12.5. The smallest absolute Gasteiger partial charge is 0.338 e. The lowest BCUT2D eigenvalue weighted by Crippen LogP contribution is -2.08. The number of carbonyl (C=O) groups is 1. The Bertz CT molecular complexity index is 462. The largest absolute Gasteiger partial charge is 0.478 e. The van der Waals surface area contributed by atoms with Crippen molar-refractivity contribution < 1.29 is 23.6 Å². The molecule has 0 atom stereocenters. The molecule has 0 aliphatic carbocycles. The second kappa shape index (κ2) is 4.17. The summed E-state index contributed by atoms with van der Waals surface area (Å²) in [6.45, 7) is 1.16. The first-order chi connectivity index (χ1) is 7.34. The average molecular weight is 232 g/mol. The number of pyridine rings is 1. The number of carboxylic acids is 1. The van der Waals surface area contributed by atoms with Gasteiger partial charge in [0.25, 0.3) is 12.1 Å². The molecule has 1 heterocycles. The minimum atomic E-state index is -3.09. The van der Waals surface area contributed by atoms with Gasteiger partial charge in [0, 0.05) is 6.07 Å². The molecule has 6 nitrogen and oxygen atoms in total. The van der Waals surface area contributed by atoms with Gasteiger partial charge in [-0.2, -0.15) is 0 Å². The summed E-state index contributed by atoms with van der Waals surface area (Å²) in [5.41, 5.74) is -2.66. The third-order valence-corrected chi connectivity index (χ3v) is 1.85. The molecule has 1 aromatic rings. The van der Waals surface area contributed by atoms with E-state index in [1.165, 1.54) is 0 Å². The quantitative estimate of drug-likeness (QED) is 0.634. The van der Waals surface area contributed by atoms with Gasteiger partial charge in [-0.1, -0.05) is 0 Å². The Morgan fingerprint density at radius 2 is 2.19 bits per heavy atom. The molecule has 86 valence electrons. The van der Waals surface area contributed by atoms with Gasteiger partial charge >= 0.3 is 5.97 Å². The standard InChI is InChI=1S/C8H6F2N2O4/c1-3-5(12(15)16)2-4(8(13)14)6(11-3)7(9)10/h2,7H,1H3,(H,13,14). The molecule has 8 heteroatoms. The number of alkyl halides is 2. The van der Waals surface area contributed by atoms with E-state index >= 15 is 0 Å². The molecule has 0 amide bonds. The molecule has 1 aromatic heterocycles. The van der Waals surface area contributed by atoms with Crippen molar-refractivity contribution in [3.8, 4) is 0 Å². The molecule has 0 aliphatic heterocycles. The van der Waals surface area contributed by atoms with Crippen LogP contribution in [0.1, 0.15) is 28.2 Å². The van der Waals surface area contributed by atoms with Gasteiger partial charge in [-0.15, -0.1) is 0 Å².